The van der Waals surface area contributed by atoms with E-state index < -0.39 is 0 Å². The van der Waals surface area contributed by atoms with Crippen LogP contribution in [-0.4, -0.2) is 93.9 Å². The highest BCUT2D eigenvalue weighted by molar-refractivity contribution is 5.57. The van der Waals surface area contributed by atoms with Crippen LogP contribution in [0.25, 0.3) is 6.08 Å². The maximum absolute atomic E-state index is 5.51. The molecule has 0 spiro atoms. The molecule has 1 aromatic carbocycles. The van der Waals surface area contributed by atoms with Crippen molar-refractivity contribution in [1.82, 2.24) is 14.7 Å². The van der Waals surface area contributed by atoms with Crippen molar-refractivity contribution < 1.29 is 9.47 Å². The van der Waals surface area contributed by atoms with E-state index in [-0.39, 0.29) is 0 Å². The number of likely N-dealkylation sites (tertiary alicyclic amines) is 2. The Morgan fingerprint density at radius 1 is 1.06 bits per heavy atom. The first kappa shape index (κ1) is 24.2. The largest absolute Gasteiger partial charge is 0.496 e. The number of nitrogens with zero attached hydrogens (tertiary/aromatic N) is 3. The quantitative estimate of drug-likeness (QED) is 0.503. The molecule has 2 aliphatic rings. The molecule has 5 heteroatoms. The average molecular weight is 430 g/mol. The van der Waals surface area contributed by atoms with E-state index in [4.69, 9.17) is 9.47 Å². The fourth-order valence-corrected chi connectivity index (χ4v) is 5.15. The summed E-state index contributed by atoms with van der Waals surface area (Å²) in [6.07, 6.45) is 9.86. The molecule has 0 amide bonds. The van der Waals surface area contributed by atoms with Crippen molar-refractivity contribution >= 4 is 6.08 Å². The summed E-state index contributed by atoms with van der Waals surface area (Å²) in [5.41, 5.74) is 1.16. The number of piperidine rings is 1. The lowest BCUT2D eigenvalue weighted by Gasteiger charge is -2.36. The molecule has 3 rings (SSSR count). The molecule has 0 bridgehead atoms. The van der Waals surface area contributed by atoms with Crippen LogP contribution in [0, 0.1) is 5.92 Å². The van der Waals surface area contributed by atoms with Crippen LogP contribution in [-0.2, 0) is 4.74 Å². The van der Waals surface area contributed by atoms with Crippen molar-refractivity contribution in [2.75, 3.05) is 73.2 Å². The fourth-order valence-electron chi connectivity index (χ4n) is 5.15. The third kappa shape index (κ3) is 7.60. The van der Waals surface area contributed by atoms with Gasteiger partial charge < -0.3 is 14.4 Å². The summed E-state index contributed by atoms with van der Waals surface area (Å²) in [5, 5.41) is 0. The molecule has 2 saturated heterocycles. The van der Waals surface area contributed by atoms with Gasteiger partial charge in [-0.25, -0.2) is 0 Å². The third-order valence-electron chi connectivity index (χ3n) is 7.01. The molecule has 0 radical (unpaired) electrons. The summed E-state index contributed by atoms with van der Waals surface area (Å²) in [4.78, 5) is 7.94. The summed E-state index contributed by atoms with van der Waals surface area (Å²) >= 11 is 0. The van der Waals surface area contributed by atoms with E-state index in [1.807, 2.05) is 12.1 Å². The summed E-state index contributed by atoms with van der Waals surface area (Å²) in [6.45, 7) is 12.5. The number of likely N-dealkylation sites (N-methyl/N-ethyl adjacent to an activating group) is 1. The molecule has 0 N–H and O–H groups in total. The van der Waals surface area contributed by atoms with Crippen molar-refractivity contribution in [1.29, 1.82) is 0 Å². The van der Waals surface area contributed by atoms with Gasteiger partial charge in [0, 0.05) is 44.9 Å². The minimum Gasteiger partial charge on any atom is -0.496 e. The molecular weight excluding hydrogens is 386 g/mol. The normalized spacial score (nSPS) is 21.5. The molecule has 2 heterocycles. The molecule has 0 aromatic heterocycles. The summed E-state index contributed by atoms with van der Waals surface area (Å²) in [7, 11) is 3.54. The lowest BCUT2D eigenvalue weighted by molar-refractivity contribution is 0.102. The zero-order chi connectivity index (χ0) is 21.9. The van der Waals surface area contributed by atoms with Crippen LogP contribution in [0.5, 0.6) is 5.75 Å². The molecule has 31 heavy (non-hydrogen) atoms. The van der Waals surface area contributed by atoms with Crippen molar-refractivity contribution in [3.8, 4) is 5.75 Å². The summed E-state index contributed by atoms with van der Waals surface area (Å²) in [5.74, 6) is 1.75. The number of methoxy groups -OCH3 is 2. The number of hydrogen-bond acceptors (Lipinski definition) is 5. The second kappa shape index (κ2) is 13.2. The number of rotatable bonds is 12. The topological polar surface area (TPSA) is 28.2 Å². The van der Waals surface area contributed by atoms with E-state index in [9.17, 15) is 0 Å². The number of hydrogen-bond donors (Lipinski definition) is 0. The minimum absolute atomic E-state index is 0.714. The first-order chi connectivity index (χ1) is 15.2. The fraction of sp³-hybridized carbons (Fsp3) is 0.692. The predicted molar refractivity (Wildman–Crippen MR) is 130 cm³/mol. The van der Waals surface area contributed by atoms with Crippen LogP contribution in [0.3, 0.4) is 0 Å². The molecule has 1 aromatic rings. The van der Waals surface area contributed by atoms with Crippen LogP contribution in [0.4, 0.5) is 0 Å². The van der Waals surface area contributed by atoms with Gasteiger partial charge in [-0.1, -0.05) is 37.3 Å². The van der Waals surface area contributed by atoms with Crippen LogP contribution in [0.2, 0.25) is 0 Å². The first-order valence-electron chi connectivity index (χ1n) is 12.2. The maximum atomic E-state index is 5.51. The van der Waals surface area contributed by atoms with Crippen LogP contribution < -0.4 is 4.74 Å². The van der Waals surface area contributed by atoms with E-state index in [2.05, 4.69) is 45.9 Å². The number of benzene rings is 1. The molecule has 1 unspecified atom stereocenters. The van der Waals surface area contributed by atoms with E-state index in [0.717, 1.165) is 36.9 Å². The van der Waals surface area contributed by atoms with Gasteiger partial charge in [0.05, 0.1) is 13.7 Å². The third-order valence-corrected chi connectivity index (χ3v) is 7.01. The molecule has 0 aliphatic carbocycles. The predicted octanol–water partition coefficient (Wildman–Crippen LogP) is 3.85. The zero-order valence-electron chi connectivity index (χ0n) is 20.0. The van der Waals surface area contributed by atoms with Crippen molar-refractivity contribution in [2.24, 2.45) is 5.92 Å². The highest BCUT2D eigenvalue weighted by Gasteiger charge is 2.27. The number of ether oxygens (including phenoxy) is 2. The summed E-state index contributed by atoms with van der Waals surface area (Å²) in [6, 6.07) is 8.99. The Kier molecular flexibility index (Phi) is 10.3. The molecular formula is C26H43N3O2. The average Bonchev–Trinajstić information content (AvgIpc) is 3.26. The zero-order valence-corrected chi connectivity index (χ0v) is 20.0. The second-order valence-corrected chi connectivity index (χ2v) is 9.07. The Morgan fingerprint density at radius 2 is 1.87 bits per heavy atom. The van der Waals surface area contributed by atoms with Crippen molar-refractivity contribution in [2.45, 2.75) is 38.6 Å². The Bertz CT molecular complexity index is 658. The molecule has 5 nitrogen and oxygen atoms in total. The van der Waals surface area contributed by atoms with Gasteiger partial charge in [0.2, 0.25) is 0 Å². The molecule has 2 fully saturated rings. The standard InChI is InChI=1S/C26H43N3O2/c1-4-29-16-8-11-25(29)22-28(15-7-10-24-9-5-6-12-26(24)31-3)21-23-13-17-27(18-14-23)19-20-30-2/h5-7,9-10,12,23,25H,4,8,11,13-22H2,1-3H3/b10-7+. The SMILES string of the molecule is CCN1CCCC1CN(C/C=C/c1ccccc1OC)CC1CCN(CCOC)CC1. The van der Waals surface area contributed by atoms with E-state index in [1.165, 1.54) is 65.0 Å². The molecule has 1 atom stereocenters. The first-order valence-corrected chi connectivity index (χ1v) is 12.2. The molecule has 0 saturated carbocycles. The van der Waals surface area contributed by atoms with Gasteiger partial charge in [0.1, 0.15) is 5.75 Å². The van der Waals surface area contributed by atoms with Gasteiger partial charge in [-0.15, -0.1) is 0 Å². The second-order valence-electron chi connectivity index (χ2n) is 9.07. The van der Waals surface area contributed by atoms with E-state index >= 15 is 0 Å². The van der Waals surface area contributed by atoms with Gasteiger partial charge >= 0.3 is 0 Å². The van der Waals surface area contributed by atoms with E-state index in [1.54, 1.807) is 14.2 Å². The van der Waals surface area contributed by atoms with Gasteiger partial charge in [0.15, 0.2) is 0 Å². The smallest absolute Gasteiger partial charge is 0.126 e. The van der Waals surface area contributed by atoms with Crippen molar-refractivity contribution in [3.63, 3.8) is 0 Å². The van der Waals surface area contributed by atoms with Gasteiger partial charge in [0.25, 0.3) is 0 Å². The lowest BCUT2D eigenvalue weighted by Crippen LogP contribution is -2.44. The lowest BCUT2D eigenvalue weighted by atomic mass is 9.96. The Hall–Kier alpha value is -1.40. The van der Waals surface area contributed by atoms with Crippen LogP contribution in [0.1, 0.15) is 38.2 Å². The molecule has 174 valence electrons. The molecule has 2 aliphatic heterocycles. The van der Waals surface area contributed by atoms with Crippen LogP contribution >= 0.6 is 0 Å². The monoisotopic (exact) mass is 429 g/mol. The van der Waals surface area contributed by atoms with Crippen molar-refractivity contribution in [3.05, 3.63) is 35.9 Å². The Morgan fingerprint density at radius 3 is 2.61 bits per heavy atom. The summed E-state index contributed by atoms with van der Waals surface area (Å²) < 4.78 is 10.8. The minimum atomic E-state index is 0.714. The highest BCUT2D eigenvalue weighted by atomic mass is 16.5. The van der Waals surface area contributed by atoms with Gasteiger partial charge in [-0.2, -0.15) is 0 Å². The Labute approximate surface area is 190 Å². The highest BCUT2D eigenvalue weighted by Crippen LogP contribution is 2.23. The van der Waals surface area contributed by atoms with E-state index in [0.29, 0.717) is 6.04 Å². The Balaban J connectivity index is 1.58. The maximum Gasteiger partial charge on any atom is 0.126 e. The van der Waals surface area contributed by atoms with Gasteiger partial charge in [-0.05, 0) is 63.8 Å². The van der Waals surface area contributed by atoms with Gasteiger partial charge in [-0.3, -0.25) is 9.80 Å². The number of para-hydroxylation sites is 1. The van der Waals surface area contributed by atoms with Crippen LogP contribution in [0.15, 0.2) is 30.3 Å².